The standard InChI is InChI=1S/C11H16BrNS2/c1-13-5-4-8-6-9(12)11(15-3)10(7-8)14-2/h6-7,13H,4-5H2,1-3H3. The molecule has 0 aromatic heterocycles. The monoisotopic (exact) mass is 305 g/mol. The van der Waals surface area contributed by atoms with Crippen LogP contribution in [0.15, 0.2) is 26.4 Å². The summed E-state index contributed by atoms with van der Waals surface area (Å²) in [5.41, 5.74) is 1.39. The van der Waals surface area contributed by atoms with Gasteiger partial charge in [0, 0.05) is 14.3 Å². The van der Waals surface area contributed by atoms with Crippen LogP contribution in [0.3, 0.4) is 0 Å². The lowest BCUT2D eigenvalue weighted by Gasteiger charge is -2.10. The van der Waals surface area contributed by atoms with Crippen LogP contribution >= 0.6 is 39.5 Å². The van der Waals surface area contributed by atoms with E-state index in [1.807, 2.05) is 18.8 Å². The Bertz CT molecular complexity index is 329. The average Bonchev–Trinajstić information content (AvgIpc) is 2.25. The molecule has 0 aliphatic heterocycles. The van der Waals surface area contributed by atoms with Crippen molar-refractivity contribution in [2.75, 3.05) is 26.1 Å². The Morgan fingerprint density at radius 2 is 2.00 bits per heavy atom. The Balaban J connectivity index is 2.97. The first-order valence-corrected chi connectivity index (χ1v) is 8.02. The van der Waals surface area contributed by atoms with E-state index in [0.717, 1.165) is 13.0 Å². The van der Waals surface area contributed by atoms with Crippen LogP contribution in [-0.4, -0.2) is 26.1 Å². The van der Waals surface area contributed by atoms with Crippen molar-refractivity contribution in [2.24, 2.45) is 0 Å². The number of likely N-dealkylation sites (N-methyl/N-ethyl adjacent to an activating group) is 1. The van der Waals surface area contributed by atoms with Crippen LogP contribution in [0, 0.1) is 0 Å². The van der Waals surface area contributed by atoms with E-state index in [4.69, 9.17) is 0 Å². The van der Waals surface area contributed by atoms with Crippen molar-refractivity contribution in [1.29, 1.82) is 0 Å². The lowest BCUT2D eigenvalue weighted by molar-refractivity contribution is 0.789. The van der Waals surface area contributed by atoms with Gasteiger partial charge in [0.05, 0.1) is 0 Å². The molecule has 1 aromatic carbocycles. The third kappa shape index (κ3) is 3.70. The first-order chi connectivity index (χ1) is 7.22. The maximum Gasteiger partial charge on any atom is 0.0348 e. The number of benzene rings is 1. The van der Waals surface area contributed by atoms with Crippen molar-refractivity contribution in [3.8, 4) is 0 Å². The quantitative estimate of drug-likeness (QED) is 0.834. The number of hydrogen-bond acceptors (Lipinski definition) is 3. The van der Waals surface area contributed by atoms with Crippen LogP contribution < -0.4 is 5.32 Å². The van der Waals surface area contributed by atoms with E-state index in [-0.39, 0.29) is 0 Å². The minimum absolute atomic E-state index is 1.03. The zero-order valence-electron chi connectivity index (χ0n) is 9.26. The summed E-state index contributed by atoms with van der Waals surface area (Å²) in [5.74, 6) is 0. The van der Waals surface area contributed by atoms with Gasteiger partial charge in [0.15, 0.2) is 0 Å². The molecule has 0 saturated heterocycles. The molecule has 1 rings (SSSR count). The highest BCUT2D eigenvalue weighted by molar-refractivity contribution is 9.10. The van der Waals surface area contributed by atoms with E-state index in [1.165, 1.54) is 19.8 Å². The molecule has 0 unspecified atom stereocenters. The Kier molecular flexibility index (Phi) is 6.12. The third-order valence-corrected chi connectivity index (χ3v) is 4.78. The number of thioether (sulfide) groups is 2. The fourth-order valence-electron chi connectivity index (χ4n) is 1.39. The second-order valence-corrected chi connectivity index (χ2v) is 5.69. The minimum Gasteiger partial charge on any atom is -0.319 e. The van der Waals surface area contributed by atoms with Gasteiger partial charge >= 0.3 is 0 Å². The maximum absolute atomic E-state index is 3.64. The van der Waals surface area contributed by atoms with E-state index >= 15 is 0 Å². The molecule has 0 aliphatic rings. The summed E-state index contributed by atoms with van der Waals surface area (Å²) in [6.45, 7) is 1.03. The molecular weight excluding hydrogens is 290 g/mol. The normalized spacial score (nSPS) is 10.7. The third-order valence-electron chi connectivity index (χ3n) is 2.16. The van der Waals surface area contributed by atoms with Gasteiger partial charge in [-0.1, -0.05) is 0 Å². The van der Waals surface area contributed by atoms with Gasteiger partial charge in [0.25, 0.3) is 0 Å². The zero-order chi connectivity index (χ0) is 11.3. The molecule has 0 bridgehead atoms. The molecule has 1 N–H and O–H groups in total. The summed E-state index contributed by atoms with van der Waals surface area (Å²) >= 11 is 7.24. The molecule has 0 spiro atoms. The number of nitrogens with one attached hydrogen (secondary N) is 1. The predicted molar refractivity (Wildman–Crippen MR) is 75.3 cm³/mol. The smallest absolute Gasteiger partial charge is 0.0348 e. The first kappa shape index (κ1) is 13.4. The molecule has 0 heterocycles. The number of hydrogen-bond donors (Lipinski definition) is 1. The molecule has 84 valence electrons. The van der Waals surface area contributed by atoms with Crippen LogP contribution in [0.4, 0.5) is 0 Å². The molecule has 15 heavy (non-hydrogen) atoms. The van der Waals surface area contributed by atoms with Gasteiger partial charge in [0.1, 0.15) is 0 Å². The molecule has 0 atom stereocenters. The summed E-state index contributed by atoms with van der Waals surface area (Å²) < 4.78 is 1.22. The van der Waals surface area contributed by atoms with E-state index in [1.54, 1.807) is 11.8 Å². The second kappa shape index (κ2) is 6.84. The van der Waals surface area contributed by atoms with Gasteiger partial charge in [0.2, 0.25) is 0 Å². The zero-order valence-corrected chi connectivity index (χ0v) is 12.5. The Morgan fingerprint density at radius 1 is 1.27 bits per heavy atom. The fraction of sp³-hybridized carbons (Fsp3) is 0.455. The molecule has 0 radical (unpaired) electrons. The maximum atomic E-state index is 3.64. The molecule has 0 amide bonds. The van der Waals surface area contributed by atoms with Gasteiger partial charge in [-0.25, -0.2) is 0 Å². The fourth-order valence-corrected chi connectivity index (χ4v) is 4.09. The molecule has 1 aromatic rings. The van der Waals surface area contributed by atoms with Gasteiger partial charge < -0.3 is 5.32 Å². The Labute approximate surface area is 109 Å². The Morgan fingerprint density at radius 3 is 2.53 bits per heavy atom. The minimum atomic E-state index is 1.03. The molecule has 0 fully saturated rings. The van der Waals surface area contributed by atoms with Crippen LogP contribution in [0.2, 0.25) is 0 Å². The van der Waals surface area contributed by atoms with Crippen LogP contribution in [-0.2, 0) is 6.42 Å². The lowest BCUT2D eigenvalue weighted by atomic mass is 10.1. The highest BCUT2D eigenvalue weighted by Crippen LogP contribution is 2.35. The van der Waals surface area contributed by atoms with Crippen molar-refractivity contribution in [1.82, 2.24) is 5.32 Å². The second-order valence-electron chi connectivity index (χ2n) is 3.17. The summed E-state index contributed by atoms with van der Waals surface area (Å²) in [5, 5.41) is 3.17. The Hall–Kier alpha value is 0.360. The average molecular weight is 306 g/mol. The summed E-state index contributed by atoms with van der Waals surface area (Å²) in [4.78, 5) is 2.71. The first-order valence-electron chi connectivity index (χ1n) is 4.78. The van der Waals surface area contributed by atoms with Crippen molar-refractivity contribution in [2.45, 2.75) is 16.2 Å². The van der Waals surface area contributed by atoms with Gasteiger partial charge in [-0.3, -0.25) is 0 Å². The van der Waals surface area contributed by atoms with Crippen LogP contribution in [0.1, 0.15) is 5.56 Å². The van der Waals surface area contributed by atoms with Crippen molar-refractivity contribution in [3.63, 3.8) is 0 Å². The lowest BCUT2D eigenvalue weighted by Crippen LogP contribution is -2.10. The molecule has 1 nitrogen and oxygen atoms in total. The highest BCUT2D eigenvalue weighted by Gasteiger charge is 2.07. The number of rotatable bonds is 5. The SMILES string of the molecule is CNCCc1cc(Br)c(SC)c(SC)c1. The van der Waals surface area contributed by atoms with E-state index < -0.39 is 0 Å². The van der Waals surface area contributed by atoms with Crippen molar-refractivity contribution in [3.05, 3.63) is 22.2 Å². The van der Waals surface area contributed by atoms with Crippen molar-refractivity contribution < 1.29 is 0 Å². The molecule has 4 heteroatoms. The summed E-state index contributed by atoms with van der Waals surface area (Å²) in [6, 6.07) is 4.52. The summed E-state index contributed by atoms with van der Waals surface area (Å²) in [6.07, 6.45) is 5.33. The highest BCUT2D eigenvalue weighted by atomic mass is 79.9. The molecule has 0 saturated carbocycles. The van der Waals surface area contributed by atoms with Gasteiger partial charge in [-0.15, -0.1) is 23.5 Å². The largest absolute Gasteiger partial charge is 0.319 e. The topological polar surface area (TPSA) is 12.0 Å². The van der Waals surface area contributed by atoms with Gasteiger partial charge in [-0.05, 0) is 66.2 Å². The predicted octanol–water partition coefficient (Wildman–Crippen LogP) is 3.65. The molecular formula is C11H16BrNS2. The van der Waals surface area contributed by atoms with Crippen LogP contribution in [0.5, 0.6) is 0 Å². The van der Waals surface area contributed by atoms with Gasteiger partial charge in [-0.2, -0.15) is 0 Å². The molecule has 0 aliphatic carbocycles. The van der Waals surface area contributed by atoms with E-state index in [9.17, 15) is 0 Å². The summed E-state index contributed by atoms with van der Waals surface area (Å²) in [7, 11) is 1.99. The number of halogens is 1. The van der Waals surface area contributed by atoms with Crippen molar-refractivity contribution >= 4 is 39.5 Å². The van der Waals surface area contributed by atoms with E-state index in [2.05, 4.69) is 45.9 Å². The van der Waals surface area contributed by atoms with Crippen LogP contribution in [0.25, 0.3) is 0 Å². The van der Waals surface area contributed by atoms with E-state index in [0.29, 0.717) is 0 Å².